The lowest BCUT2D eigenvalue weighted by Crippen LogP contribution is -2.45. The summed E-state index contributed by atoms with van der Waals surface area (Å²) in [4.78, 5) is 25.0. The first-order valence-corrected chi connectivity index (χ1v) is 12.0. The van der Waals surface area contributed by atoms with Crippen molar-refractivity contribution >= 4 is 34.7 Å². The molecule has 2 aliphatic heterocycles. The van der Waals surface area contributed by atoms with Crippen LogP contribution in [0.4, 0.5) is 4.39 Å². The molecule has 1 amide bonds. The van der Waals surface area contributed by atoms with Gasteiger partial charge in [-0.05, 0) is 41.8 Å². The number of carbonyl (C=O) groups is 2. The van der Waals surface area contributed by atoms with E-state index in [1.165, 1.54) is 18.2 Å². The van der Waals surface area contributed by atoms with Gasteiger partial charge in [0.2, 0.25) is 0 Å². The number of fused-ring (bicyclic) bond motifs is 1. The van der Waals surface area contributed by atoms with Crippen molar-refractivity contribution in [2.45, 2.75) is 12.5 Å². The van der Waals surface area contributed by atoms with Crippen molar-refractivity contribution in [1.82, 2.24) is 15.3 Å². The monoisotopic (exact) mass is 518 g/mol. The predicted molar refractivity (Wildman–Crippen MR) is 139 cm³/mol. The van der Waals surface area contributed by atoms with Crippen molar-refractivity contribution in [3.63, 3.8) is 0 Å². The SMILES string of the molecule is CN1C(Cc2ccccc2)C(c2ccc(Cl)cc2)=C2NC(=O)C=C(c3ccc(F)cc3OC(=O)CN)N21. The van der Waals surface area contributed by atoms with Gasteiger partial charge < -0.3 is 15.8 Å². The van der Waals surface area contributed by atoms with E-state index in [9.17, 15) is 14.0 Å². The summed E-state index contributed by atoms with van der Waals surface area (Å²) in [7, 11) is 1.91. The molecule has 188 valence electrons. The highest BCUT2D eigenvalue weighted by atomic mass is 35.5. The number of nitrogens with two attached hydrogens (primary N) is 1. The maximum absolute atomic E-state index is 14.1. The second kappa shape index (κ2) is 10.2. The smallest absolute Gasteiger partial charge is 0.325 e. The quantitative estimate of drug-likeness (QED) is 0.379. The Hall–Kier alpha value is -3.98. The number of benzene rings is 3. The first kappa shape index (κ1) is 24.7. The van der Waals surface area contributed by atoms with Crippen LogP contribution in [0.2, 0.25) is 5.02 Å². The van der Waals surface area contributed by atoms with E-state index in [2.05, 4.69) is 17.4 Å². The summed E-state index contributed by atoms with van der Waals surface area (Å²) >= 11 is 6.16. The molecule has 0 saturated carbocycles. The topological polar surface area (TPSA) is 87.9 Å². The average molecular weight is 519 g/mol. The van der Waals surface area contributed by atoms with Gasteiger partial charge in [-0.2, -0.15) is 0 Å². The normalized spacial score (nSPS) is 17.4. The van der Waals surface area contributed by atoms with Gasteiger partial charge in [-0.25, -0.2) is 9.40 Å². The zero-order chi connectivity index (χ0) is 26.1. The highest BCUT2D eigenvalue weighted by molar-refractivity contribution is 6.30. The second-order valence-electron chi connectivity index (χ2n) is 8.70. The van der Waals surface area contributed by atoms with Crippen LogP contribution in [0, 0.1) is 5.82 Å². The molecule has 2 heterocycles. The summed E-state index contributed by atoms with van der Waals surface area (Å²) in [6.45, 7) is -0.371. The Balaban J connectivity index is 1.66. The molecule has 3 aromatic carbocycles. The Labute approximate surface area is 218 Å². The number of carbonyl (C=O) groups excluding carboxylic acids is 2. The summed E-state index contributed by atoms with van der Waals surface area (Å²) in [5.74, 6) is -1.12. The maximum Gasteiger partial charge on any atom is 0.325 e. The largest absolute Gasteiger partial charge is 0.425 e. The molecule has 0 fully saturated rings. The Morgan fingerprint density at radius 1 is 1.11 bits per heavy atom. The van der Waals surface area contributed by atoms with Crippen LogP contribution in [0.5, 0.6) is 5.75 Å². The molecule has 0 aromatic heterocycles. The van der Waals surface area contributed by atoms with Gasteiger partial charge in [-0.15, -0.1) is 0 Å². The molecule has 0 bridgehead atoms. The number of nitrogens with zero attached hydrogens (tertiary/aromatic N) is 2. The molecule has 1 unspecified atom stereocenters. The van der Waals surface area contributed by atoms with Crippen LogP contribution in [0.15, 0.2) is 84.7 Å². The highest BCUT2D eigenvalue weighted by Crippen LogP contribution is 2.43. The fourth-order valence-electron chi connectivity index (χ4n) is 4.68. The van der Waals surface area contributed by atoms with E-state index >= 15 is 0 Å². The minimum Gasteiger partial charge on any atom is -0.425 e. The number of rotatable bonds is 6. The molecule has 7 nitrogen and oxygen atoms in total. The van der Waals surface area contributed by atoms with Crippen LogP contribution in [0.1, 0.15) is 16.7 Å². The molecule has 0 radical (unpaired) electrons. The van der Waals surface area contributed by atoms with Crippen molar-refractivity contribution in [3.05, 3.63) is 112 Å². The lowest BCUT2D eigenvalue weighted by Gasteiger charge is -2.36. The van der Waals surface area contributed by atoms with E-state index in [1.807, 2.05) is 47.4 Å². The summed E-state index contributed by atoms with van der Waals surface area (Å²) in [5, 5.41) is 7.45. The molecule has 5 rings (SSSR count). The number of halogens is 2. The van der Waals surface area contributed by atoms with Gasteiger partial charge in [-0.1, -0.05) is 54.1 Å². The molecular formula is C28H24ClFN4O3. The summed E-state index contributed by atoms with van der Waals surface area (Å²) in [5.41, 5.74) is 9.13. The standard InChI is InChI=1S/C28H24ClFN4O3/c1-33-23(13-17-5-3-2-4-6-17)27(18-7-9-19(29)10-8-18)28-32-25(35)15-22(34(28)33)21-12-11-20(30)14-24(21)37-26(36)16-31/h2-12,14-15,23H,13,16,31H2,1H3,(H,32,35). The molecule has 0 aliphatic carbocycles. The Kier molecular flexibility index (Phi) is 6.80. The average Bonchev–Trinajstić information content (AvgIpc) is 3.15. The molecule has 1 atom stereocenters. The van der Waals surface area contributed by atoms with Crippen molar-refractivity contribution in [2.75, 3.05) is 13.6 Å². The molecule has 3 N–H and O–H groups in total. The van der Waals surface area contributed by atoms with Gasteiger partial charge in [0, 0.05) is 35.3 Å². The van der Waals surface area contributed by atoms with Crippen molar-refractivity contribution in [3.8, 4) is 5.75 Å². The Bertz CT molecular complexity index is 1420. The number of ether oxygens (including phenoxy) is 1. The number of hydrazine groups is 1. The summed E-state index contributed by atoms with van der Waals surface area (Å²) < 4.78 is 19.5. The van der Waals surface area contributed by atoms with Crippen LogP contribution in [0.3, 0.4) is 0 Å². The van der Waals surface area contributed by atoms with E-state index in [-0.39, 0.29) is 24.2 Å². The first-order chi connectivity index (χ1) is 17.9. The van der Waals surface area contributed by atoms with Gasteiger partial charge in [0.05, 0.1) is 18.3 Å². The predicted octanol–water partition coefficient (Wildman–Crippen LogP) is 3.96. The van der Waals surface area contributed by atoms with E-state index in [0.29, 0.717) is 28.5 Å². The zero-order valence-corrected chi connectivity index (χ0v) is 20.7. The van der Waals surface area contributed by atoms with Crippen molar-refractivity contribution in [1.29, 1.82) is 0 Å². The van der Waals surface area contributed by atoms with Crippen LogP contribution in [-0.2, 0) is 16.0 Å². The van der Waals surface area contributed by atoms with E-state index in [4.69, 9.17) is 22.1 Å². The number of amides is 1. The fourth-order valence-corrected chi connectivity index (χ4v) is 4.81. The van der Waals surface area contributed by atoms with Gasteiger partial charge in [-0.3, -0.25) is 14.6 Å². The molecule has 9 heteroatoms. The summed E-state index contributed by atoms with van der Waals surface area (Å²) in [6, 6.07) is 21.1. The van der Waals surface area contributed by atoms with Crippen LogP contribution >= 0.6 is 11.6 Å². The van der Waals surface area contributed by atoms with Gasteiger partial charge in [0.1, 0.15) is 17.4 Å². The van der Waals surface area contributed by atoms with Gasteiger partial charge in [0.25, 0.3) is 5.91 Å². The van der Waals surface area contributed by atoms with Crippen LogP contribution in [-0.4, -0.2) is 41.5 Å². The minimum atomic E-state index is -0.720. The molecule has 2 aliphatic rings. The lowest BCUT2D eigenvalue weighted by molar-refractivity contribution is -0.132. The number of nitrogens with one attached hydrogen (secondary N) is 1. The van der Waals surface area contributed by atoms with Gasteiger partial charge >= 0.3 is 5.97 Å². The molecule has 0 saturated heterocycles. The third kappa shape index (κ3) is 4.86. The maximum atomic E-state index is 14.1. The zero-order valence-electron chi connectivity index (χ0n) is 19.9. The van der Waals surface area contributed by atoms with Crippen molar-refractivity contribution in [2.24, 2.45) is 5.73 Å². The molecule has 0 spiro atoms. The third-order valence-electron chi connectivity index (χ3n) is 6.34. The second-order valence-corrected chi connectivity index (χ2v) is 9.13. The minimum absolute atomic E-state index is 0.0243. The molecular weight excluding hydrogens is 495 g/mol. The van der Waals surface area contributed by atoms with Crippen LogP contribution < -0.4 is 15.8 Å². The van der Waals surface area contributed by atoms with Crippen molar-refractivity contribution < 1.29 is 18.7 Å². The van der Waals surface area contributed by atoms with Crippen LogP contribution in [0.25, 0.3) is 11.3 Å². The Morgan fingerprint density at radius 2 is 1.84 bits per heavy atom. The van der Waals surface area contributed by atoms with Gasteiger partial charge in [0.15, 0.2) is 0 Å². The number of hydrogen-bond donors (Lipinski definition) is 2. The molecule has 3 aromatic rings. The van der Waals surface area contributed by atoms with E-state index < -0.39 is 11.8 Å². The number of esters is 1. The van der Waals surface area contributed by atoms with E-state index in [0.717, 1.165) is 22.8 Å². The third-order valence-corrected chi connectivity index (χ3v) is 6.59. The molecule has 37 heavy (non-hydrogen) atoms. The number of hydrogen-bond acceptors (Lipinski definition) is 6. The Morgan fingerprint density at radius 3 is 2.54 bits per heavy atom. The van der Waals surface area contributed by atoms with E-state index in [1.54, 1.807) is 12.1 Å². The first-order valence-electron chi connectivity index (χ1n) is 11.7. The number of likely N-dealkylation sites (N-methyl/N-ethyl adjacent to an activating group) is 1. The lowest BCUT2D eigenvalue weighted by atomic mass is 9.93. The fraction of sp³-hybridized carbons (Fsp3) is 0.143. The summed E-state index contributed by atoms with van der Waals surface area (Å²) in [6.07, 6.45) is 2.05. The highest BCUT2D eigenvalue weighted by Gasteiger charge is 2.42.